The van der Waals surface area contributed by atoms with Crippen LogP contribution in [0.25, 0.3) is 0 Å². The van der Waals surface area contributed by atoms with Crippen molar-refractivity contribution in [3.8, 4) is 0 Å². The van der Waals surface area contributed by atoms with Gasteiger partial charge in [0.15, 0.2) is 0 Å². The van der Waals surface area contributed by atoms with Crippen LogP contribution in [0.4, 0.5) is 0 Å². The summed E-state index contributed by atoms with van der Waals surface area (Å²) in [6.45, 7) is 5.08. The molecule has 0 aliphatic heterocycles. The van der Waals surface area contributed by atoms with E-state index in [1.54, 1.807) is 5.56 Å². The Morgan fingerprint density at radius 3 is 2.35 bits per heavy atom. The summed E-state index contributed by atoms with van der Waals surface area (Å²) in [5.41, 5.74) is 2.41. The second-order valence-electron chi connectivity index (χ2n) is 6.92. The molecule has 1 aromatic rings. The Morgan fingerprint density at radius 2 is 1.75 bits per heavy atom. The fourth-order valence-electron chi connectivity index (χ4n) is 4.03. The van der Waals surface area contributed by atoms with Gasteiger partial charge < -0.3 is 0 Å². The van der Waals surface area contributed by atoms with Gasteiger partial charge in [-0.05, 0) is 54.1 Å². The van der Waals surface area contributed by atoms with Crippen LogP contribution in [0.3, 0.4) is 0 Å². The predicted octanol–water partition coefficient (Wildman–Crippen LogP) is 6.06. The molecule has 0 saturated heterocycles. The maximum absolute atomic E-state index is 2.54. The molecule has 1 atom stereocenters. The number of rotatable bonds is 7. The van der Waals surface area contributed by atoms with E-state index in [1.165, 1.54) is 50.7 Å². The highest BCUT2D eigenvalue weighted by Crippen LogP contribution is 2.54. The lowest BCUT2D eigenvalue weighted by molar-refractivity contribution is 0.145. The van der Waals surface area contributed by atoms with Gasteiger partial charge in [-0.1, -0.05) is 63.4 Å². The van der Waals surface area contributed by atoms with Gasteiger partial charge in [-0.2, -0.15) is 11.8 Å². The molecule has 2 rings (SSSR count). The molecule has 1 aromatic carbocycles. The molecule has 0 N–H and O–H groups in total. The van der Waals surface area contributed by atoms with Crippen LogP contribution in [0.5, 0.6) is 0 Å². The molecule has 20 heavy (non-hydrogen) atoms. The minimum absolute atomic E-state index is 0.350. The summed E-state index contributed by atoms with van der Waals surface area (Å²) in [5.74, 6) is 1.31. The van der Waals surface area contributed by atoms with Crippen molar-refractivity contribution in [1.29, 1.82) is 0 Å². The zero-order chi connectivity index (χ0) is 14.5. The Hall–Kier alpha value is -0.430. The first-order chi connectivity index (χ1) is 9.62. The van der Waals surface area contributed by atoms with Crippen LogP contribution < -0.4 is 0 Å². The Labute approximate surface area is 129 Å². The third kappa shape index (κ3) is 3.24. The van der Waals surface area contributed by atoms with Gasteiger partial charge in [0.05, 0.1) is 0 Å². The van der Waals surface area contributed by atoms with Gasteiger partial charge >= 0.3 is 0 Å². The Bertz CT molecular complexity index is 391. The van der Waals surface area contributed by atoms with Crippen molar-refractivity contribution in [2.24, 2.45) is 5.41 Å². The first-order valence-electron chi connectivity index (χ1n) is 8.17. The molecule has 1 unspecified atom stereocenters. The van der Waals surface area contributed by atoms with E-state index in [0.29, 0.717) is 10.8 Å². The van der Waals surface area contributed by atoms with Crippen molar-refractivity contribution >= 4 is 11.8 Å². The number of hydrogen-bond acceptors (Lipinski definition) is 1. The third-order valence-corrected chi connectivity index (χ3v) is 6.42. The lowest BCUT2D eigenvalue weighted by Gasteiger charge is -2.45. The average molecular weight is 291 g/mol. The van der Waals surface area contributed by atoms with Crippen molar-refractivity contribution in [1.82, 2.24) is 0 Å². The molecule has 112 valence electrons. The molecular weight excluding hydrogens is 260 g/mol. The Kier molecular flexibility index (Phi) is 5.60. The summed E-state index contributed by atoms with van der Waals surface area (Å²) < 4.78 is 0. The van der Waals surface area contributed by atoms with Gasteiger partial charge in [0.2, 0.25) is 0 Å². The number of benzene rings is 1. The second-order valence-corrected chi connectivity index (χ2v) is 7.90. The van der Waals surface area contributed by atoms with E-state index >= 15 is 0 Å². The van der Waals surface area contributed by atoms with E-state index in [9.17, 15) is 0 Å². The van der Waals surface area contributed by atoms with Gasteiger partial charge in [-0.3, -0.25) is 0 Å². The zero-order valence-electron chi connectivity index (χ0n) is 13.5. The van der Waals surface area contributed by atoms with Crippen LogP contribution in [-0.2, 0) is 5.41 Å². The SMILES string of the molecule is CSCCCCC(C)(c1ccccc1)C1(C)CCCC1. The Morgan fingerprint density at radius 1 is 1.10 bits per heavy atom. The summed E-state index contributed by atoms with van der Waals surface area (Å²) in [4.78, 5) is 0. The van der Waals surface area contributed by atoms with Crippen molar-refractivity contribution in [2.45, 2.75) is 64.2 Å². The van der Waals surface area contributed by atoms with E-state index < -0.39 is 0 Å². The molecule has 1 heteroatoms. The molecule has 0 radical (unpaired) electrons. The molecule has 1 saturated carbocycles. The molecule has 1 fully saturated rings. The number of hydrogen-bond donors (Lipinski definition) is 0. The quantitative estimate of drug-likeness (QED) is 0.550. The predicted molar refractivity (Wildman–Crippen MR) is 92.6 cm³/mol. The van der Waals surface area contributed by atoms with Crippen molar-refractivity contribution in [3.63, 3.8) is 0 Å². The highest BCUT2D eigenvalue weighted by Gasteiger charge is 2.46. The molecule has 0 spiro atoms. The van der Waals surface area contributed by atoms with Gasteiger partial charge in [-0.25, -0.2) is 0 Å². The molecule has 0 nitrogen and oxygen atoms in total. The highest BCUT2D eigenvalue weighted by molar-refractivity contribution is 7.98. The lowest BCUT2D eigenvalue weighted by Crippen LogP contribution is -2.39. The van der Waals surface area contributed by atoms with Gasteiger partial charge in [0, 0.05) is 0 Å². The topological polar surface area (TPSA) is 0 Å². The average Bonchev–Trinajstić information content (AvgIpc) is 2.93. The summed E-state index contributed by atoms with van der Waals surface area (Å²) in [5, 5.41) is 0. The first kappa shape index (κ1) is 15.9. The van der Waals surface area contributed by atoms with Gasteiger partial charge in [-0.15, -0.1) is 0 Å². The number of thioether (sulfide) groups is 1. The molecular formula is C19H30S. The smallest absolute Gasteiger partial charge is 0.00215 e. The lowest BCUT2D eigenvalue weighted by atomic mass is 9.59. The Balaban J connectivity index is 2.19. The minimum Gasteiger partial charge on any atom is -0.165 e. The van der Waals surface area contributed by atoms with Gasteiger partial charge in [0.1, 0.15) is 0 Å². The monoisotopic (exact) mass is 290 g/mol. The summed E-state index contributed by atoms with van der Waals surface area (Å²) in [6, 6.07) is 11.3. The van der Waals surface area contributed by atoms with E-state index in [2.05, 4.69) is 50.4 Å². The van der Waals surface area contributed by atoms with Crippen molar-refractivity contribution in [3.05, 3.63) is 35.9 Å². The molecule has 0 amide bonds. The van der Waals surface area contributed by atoms with E-state index in [0.717, 1.165) is 0 Å². The van der Waals surface area contributed by atoms with Gasteiger partial charge in [0.25, 0.3) is 0 Å². The standard InChI is InChI=1S/C19H30S/c1-18(13-7-8-14-18)19(2,15-9-10-16-20-3)17-11-5-4-6-12-17/h4-6,11-12H,7-10,13-16H2,1-3H3. The summed E-state index contributed by atoms with van der Waals surface area (Å²) in [6.07, 6.45) is 11.9. The van der Waals surface area contributed by atoms with Crippen LogP contribution in [0, 0.1) is 5.41 Å². The third-order valence-electron chi connectivity index (χ3n) is 5.73. The summed E-state index contributed by atoms with van der Waals surface area (Å²) >= 11 is 1.98. The van der Waals surface area contributed by atoms with E-state index in [-0.39, 0.29) is 0 Å². The van der Waals surface area contributed by atoms with Crippen LogP contribution in [0.2, 0.25) is 0 Å². The molecule has 0 bridgehead atoms. The zero-order valence-corrected chi connectivity index (χ0v) is 14.3. The largest absolute Gasteiger partial charge is 0.165 e. The van der Waals surface area contributed by atoms with E-state index in [4.69, 9.17) is 0 Å². The van der Waals surface area contributed by atoms with Crippen LogP contribution in [-0.4, -0.2) is 12.0 Å². The minimum atomic E-state index is 0.350. The summed E-state index contributed by atoms with van der Waals surface area (Å²) in [7, 11) is 0. The molecule has 0 aromatic heterocycles. The molecule has 0 heterocycles. The molecule has 1 aliphatic carbocycles. The maximum atomic E-state index is 2.54. The molecule has 1 aliphatic rings. The van der Waals surface area contributed by atoms with Crippen LogP contribution in [0.15, 0.2) is 30.3 Å². The van der Waals surface area contributed by atoms with Crippen LogP contribution >= 0.6 is 11.8 Å². The fourth-order valence-corrected chi connectivity index (χ4v) is 4.53. The number of unbranched alkanes of at least 4 members (excludes halogenated alkanes) is 1. The van der Waals surface area contributed by atoms with E-state index in [1.807, 2.05) is 11.8 Å². The maximum Gasteiger partial charge on any atom is -0.00215 e. The van der Waals surface area contributed by atoms with Crippen molar-refractivity contribution in [2.75, 3.05) is 12.0 Å². The van der Waals surface area contributed by atoms with Crippen molar-refractivity contribution < 1.29 is 0 Å². The fraction of sp³-hybridized carbons (Fsp3) is 0.684. The van der Waals surface area contributed by atoms with Crippen LogP contribution in [0.1, 0.15) is 64.4 Å². The first-order valence-corrected chi connectivity index (χ1v) is 9.56. The second kappa shape index (κ2) is 7.02. The normalized spacial score (nSPS) is 20.8. The highest BCUT2D eigenvalue weighted by atomic mass is 32.2.